The Hall–Kier alpha value is -2.21. The number of ketones is 2. The molecule has 2 aromatic rings. The second kappa shape index (κ2) is 6.70. The highest BCUT2D eigenvalue weighted by atomic mass is 32.1. The molecule has 0 saturated heterocycles. The first-order valence-corrected chi connectivity index (χ1v) is 7.81. The molecule has 2 rings (SSSR count). The van der Waals surface area contributed by atoms with Gasteiger partial charge in [0.15, 0.2) is 11.6 Å². The molecule has 0 aliphatic carbocycles. The fraction of sp³-hybridized carbons (Fsp3) is 0.312. The first-order valence-electron chi connectivity index (χ1n) is 6.93. The van der Waals surface area contributed by atoms with Crippen molar-refractivity contribution >= 4 is 28.8 Å². The number of aryl methyl sites for hydroxylation is 1. The molecule has 0 aliphatic rings. The van der Waals surface area contributed by atoms with Crippen molar-refractivity contribution in [2.24, 2.45) is 7.05 Å². The van der Waals surface area contributed by atoms with Crippen LogP contribution in [0.2, 0.25) is 0 Å². The molecule has 2 aromatic heterocycles. The second-order valence-electron chi connectivity index (χ2n) is 5.26. The molecule has 0 bridgehead atoms. The van der Waals surface area contributed by atoms with E-state index in [-0.39, 0.29) is 29.9 Å². The first-order chi connectivity index (χ1) is 10.4. The second-order valence-corrected chi connectivity index (χ2v) is 6.21. The van der Waals surface area contributed by atoms with E-state index in [9.17, 15) is 14.4 Å². The molecule has 0 radical (unpaired) electrons. The number of carbonyl (C=O) groups is 3. The lowest BCUT2D eigenvalue weighted by molar-refractivity contribution is 0.0912. The van der Waals surface area contributed by atoms with Crippen molar-refractivity contribution in [3.8, 4) is 0 Å². The quantitative estimate of drug-likeness (QED) is 0.833. The van der Waals surface area contributed by atoms with Gasteiger partial charge >= 0.3 is 0 Å². The third-order valence-corrected chi connectivity index (χ3v) is 4.22. The van der Waals surface area contributed by atoms with E-state index >= 15 is 0 Å². The van der Waals surface area contributed by atoms with E-state index in [4.69, 9.17) is 0 Å². The zero-order chi connectivity index (χ0) is 16.3. The molecule has 0 spiro atoms. The molecule has 1 N–H and O–H groups in total. The number of hydrogen-bond acceptors (Lipinski definition) is 4. The maximum Gasteiger partial charge on any atom is 0.268 e. The van der Waals surface area contributed by atoms with E-state index in [0.717, 1.165) is 0 Å². The van der Waals surface area contributed by atoms with Crippen molar-refractivity contribution in [1.29, 1.82) is 0 Å². The zero-order valence-electron chi connectivity index (χ0n) is 12.8. The lowest BCUT2D eigenvalue weighted by Crippen LogP contribution is -2.35. The molecule has 0 aromatic carbocycles. The van der Waals surface area contributed by atoms with Crippen molar-refractivity contribution in [1.82, 2.24) is 9.88 Å². The summed E-state index contributed by atoms with van der Waals surface area (Å²) in [5.74, 6) is -0.365. The first kappa shape index (κ1) is 16.2. The average molecular weight is 318 g/mol. The molecular weight excluding hydrogens is 300 g/mol. The van der Waals surface area contributed by atoms with Crippen LogP contribution < -0.4 is 5.32 Å². The van der Waals surface area contributed by atoms with Gasteiger partial charge in [-0.3, -0.25) is 14.4 Å². The lowest BCUT2D eigenvalue weighted by atomic mass is 10.1. The summed E-state index contributed by atoms with van der Waals surface area (Å²) < 4.78 is 1.61. The highest BCUT2D eigenvalue weighted by Crippen LogP contribution is 2.13. The Morgan fingerprint density at radius 2 is 2.09 bits per heavy atom. The minimum atomic E-state index is -0.290. The Morgan fingerprint density at radius 3 is 2.64 bits per heavy atom. The maximum atomic E-state index is 12.2. The molecule has 5 nitrogen and oxygen atoms in total. The van der Waals surface area contributed by atoms with Gasteiger partial charge in [-0.25, -0.2) is 0 Å². The molecule has 1 unspecified atom stereocenters. The summed E-state index contributed by atoms with van der Waals surface area (Å²) in [6, 6.07) is 4.88. The van der Waals surface area contributed by atoms with Crippen LogP contribution >= 0.6 is 11.3 Å². The Balaban J connectivity index is 1.99. The van der Waals surface area contributed by atoms with Gasteiger partial charge in [0.2, 0.25) is 0 Å². The molecule has 0 fully saturated rings. The summed E-state index contributed by atoms with van der Waals surface area (Å²) in [6.45, 7) is 3.25. The van der Waals surface area contributed by atoms with Crippen molar-refractivity contribution in [2.75, 3.05) is 0 Å². The van der Waals surface area contributed by atoms with Crippen LogP contribution in [0.3, 0.4) is 0 Å². The van der Waals surface area contributed by atoms with E-state index in [1.165, 1.54) is 18.3 Å². The molecule has 6 heteroatoms. The topological polar surface area (TPSA) is 68.2 Å². The molecule has 0 saturated carbocycles. The molecule has 1 amide bonds. The number of nitrogens with one attached hydrogen (secondary N) is 1. The molecule has 22 heavy (non-hydrogen) atoms. The van der Waals surface area contributed by atoms with E-state index < -0.39 is 0 Å². The van der Waals surface area contributed by atoms with Gasteiger partial charge < -0.3 is 9.88 Å². The zero-order valence-corrected chi connectivity index (χ0v) is 13.6. The summed E-state index contributed by atoms with van der Waals surface area (Å²) in [6.07, 6.45) is 1.87. The van der Waals surface area contributed by atoms with E-state index in [1.54, 1.807) is 36.9 Å². The molecule has 2 heterocycles. The van der Waals surface area contributed by atoms with E-state index in [2.05, 4.69) is 5.32 Å². The Labute approximate surface area is 133 Å². The van der Waals surface area contributed by atoms with Crippen LogP contribution in [-0.4, -0.2) is 28.1 Å². The fourth-order valence-electron chi connectivity index (χ4n) is 2.15. The standard InChI is InChI=1S/C16H18N2O3S/c1-10(7-14(20)15-5-4-6-22-15)17-16(21)13-8-12(11(2)19)9-18(13)3/h4-6,8-10H,7H2,1-3H3,(H,17,21). The van der Waals surface area contributed by atoms with Crippen molar-refractivity contribution < 1.29 is 14.4 Å². The third kappa shape index (κ3) is 3.71. The highest BCUT2D eigenvalue weighted by molar-refractivity contribution is 7.12. The Bertz CT molecular complexity index is 701. The molecule has 116 valence electrons. The molecule has 1 atom stereocenters. The van der Waals surface area contributed by atoms with E-state index in [0.29, 0.717) is 16.1 Å². The summed E-state index contributed by atoms with van der Waals surface area (Å²) in [5.41, 5.74) is 0.899. The third-order valence-electron chi connectivity index (χ3n) is 3.31. The smallest absolute Gasteiger partial charge is 0.268 e. The monoisotopic (exact) mass is 318 g/mol. The van der Waals surface area contributed by atoms with Gasteiger partial charge in [-0.2, -0.15) is 0 Å². The number of thiophene rings is 1. The summed E-state index contributed by atoms with van der Waals surface area (Å²) in [7, 11) is 1.71. The SMILES string of the molecule is CC(=O)c1cc(C(=O)NC(C)CC(=O)c2cccs2)n(C)c1. The van der Waals surface area contributed by atoms with Crippen LogP contribution in [0.1, 0.15) is 50.8 Å². The Morgan fingerprint density at radius 1 is 1.36 bits per heavy atom. The number of nitrogens with zero attached hydrogens (tertiary/aromatic N) is 1. The number of hydrogen-bond donors (Lipinski definition) is 1. The van der Waals surface area contributed by atoms with Crippen LogP contribution in [-0.2, 0) is 7.05 Å². The van der Waals surface area contributed by atoms with Gasteiger partial charge in [0.05, 0.1) is 4.88 Å². The average Bonchev–Trinajstić information content (AvgIpc) is 3.07. The van der Waals surface area contributed by atoms with Crippen LogP contribution in [0, 0.1) is 0 Å². The van der Waals surface area contributed by atoms with Gasteiger partial charge in [-0.1, -0.05) is 6.07 Å². The van der Waals surface area contributed by atoms with Gasteiger partial charge in [-0.05, 0) is 31.4 Å². The summed E-state index contributed by atoms with van der Waals surface area (Å²) in [5, 5.41) is 4.65. The minimum absolute atomic E-state index is 0.0131. The summed E-state index contributed by atoms with van der Waals surface area (Å²) in [4.78, 5) is 36.3. The van der Waals surface area contributed by atoms with Gasteiger partial charge in [-0.15, -0.1) is 11.3 Å². The molecular formula is C16H18N2O3S. The number of Topliss-reactive ketones (excluding diaryl/α,β-unsaturated/α-hetero) is 2. The normalized spacial score (nSPS) is 12.0. The predicted octanol–water partition coefficient (Wildman–Crippen LogP) is 2.68. The van der Waals surface area contributed by atoms with Gasteiger partial charge in [0, 0.05) is 31.3 Å². The van der Waals surface area contributed by atoms with Crippen molar-refractivity contribution in [3.63, 3.8) is 0 Å². The van der Waals surface area contributed by atoms with Gasteiger partial charge in [0.1, 0.15) is 5.69 Å². The highest BCUT2D eigenvalue weighted by Gasteiger charge is 2.18. The van der Waals surface area contributed by atoms with Crippen LogP contribution in [0.5, 0.6) is 0 Å². The fourth-order valence-corrected chi connectivity index (χ4v) is 2.82. The number of aromatic nitrogens is 1. The van der Waals surface area contributed by atoms with Gasteiger partial charge in [0.25, 0.3) is 5.91 Å². The van der Waals surface area contributed by atoms with Crippen LogP contribution in [0.15, 0.2) is 29.8 Å². The van der Waals surface area contributed by atoms with Crippen LogP contribution in [0.25, 0.3) is 0 Å². The van der Waals surface area contributed by atoms with E-state index in [1.807, 2.05) is 11.4 Å². The summed E-state index contributed by atoms with van der Waals surface area (Å²) >= 11 is 1.39. The minimum Gasteiger partial charge on any atom is -0.348 e. The van der Waals surface area contributed by atoms with Crippen molar-refractivity contribution in [3.05, 3.63) is 45.9 Å². The maximum absolute atomic E-state index is 12.2. The Kier molecular flexibility index (Phi) is 4.92. The predicted molar refractivity (Wildman–Crippen MR) is 85.6 cm³/mol. The van der Waals surface area contributed by atoms with Crippen LogP contribution in [0.4, 0.5) is 0 Å². The molecule has 0 aliphatic heterocycles. The number of rotatable bonds is 6. The largest absolute Gasteiger partial charge is 0.348 e. The number of carbonyl (C=O) groups excluding carboxylic acids is 3. The lowest BCUT2D eigenvalue weighted by Gasteiger charge is -2.13. The van der Waals surface area contributed by atoms with Crippen molar-refractivity contribution in [2.45, 2.75) is 26.3 Å². The number of amides is 1.